The predicted octanol–water partition coefficient (Wildman–Crippen LogP) is 3.15. The van der Waals surface area contributed by atoms with E-state index in [0.717, 1.165) is 12.8 Å². The second kappa shape index (κ2) is 4.75. The Bertz CT molecular complexity index is 464. The average Bonchev–Trinajstić information content (AvgIpc) is 2.67. The molecule has 0 bridgehead atoms. The van der Waals surface area contributed by atoms with Gasteiger partial charge < -0.3 is 5.32 Å². The third kappa shape index (κ3) is 2.43. The summed E-state index contributed by atoms with van der Waals surface area (Å²) in [6, 6.07) is 6.62. The molecule has 1 N–H and O–H groups in total. The Labute approximate surface area is 110 Å². The largest absolute Gasteiger partial charge is 0.350 e. The van der Waals surface area contributed by atoms with Gasteiger partial charge in [-0.2, -0.15) is 0 Å². The number of benzene rings is 1. The fourth-order valence-corrected chi connectivity index (χ4v) is 2.79. The van der Waals surface area contributed by atoms with Gasteiger partial charge in [-0.1, -0.05) is 32.0 Å². The molecule has 0 aromatic heterocycles. The first kappa shape index (κ1) is 13.1. The van der Waals surface area contributed by atoms with Gasteiger partial charge in [0.25, 0.3) is 0 Å². The number of hydrogen-bond acceptors (Lipinski definition) is 1. The van der Waals surface area contributed by atoms with E-state index in [1.807, 2.05) is 0 Å². The highest BCUT2D eigenvalue weighted by Gasteiger charge is 2.40. The second-order valence-electron chi connectivity index (χ2n) is 5.95. The van der Waals surface area contributed by atoms with Crippen molar-refractivity contribution in [1.29, 1.82) is 0 Å². The molecule has 0 saturated carbocycles. The van der Waals surface area contributed by atoms with Gasteiger partial charge >= 0.3 is 0 Å². The smallest absolute Gasteiger partial charge is 0.220 e. The second-order valence-corrected chi connectivity index (χ2v) is 5.95. The minimum absolute atomic E-state index is 0.0429. The first-order chi connectivity index (χ1) is 8.43. The predicted molar refractivity (Wildman–Crippen MR) is 74.6 cm³/mol. The average molecular weight is 245 g/mol. The number of amides is 1. The van der Waals surface area contributed by atoms with Crippen molar-refractivity contribution in [3.63, 3.8) is 0 Å². The van der Waals surface area contributed by atoms with Gasteiger partial charge in [-0.3, -0.25) is 4.79 Å². The summed E-state index contributed by atoms with van der Waals surface area (Å²) >= 11 is 0. The molecule has 2 nitrogen and oxygen atoms in total. The fourth-order valence-electron chi connectivity index (χ4n) is 2.79. The molecule has 98 valence electrons. The van der Waals surface area contributed by atoms with E-state index < -0.39 is 0 Å². The first-order valence-electron chi connectivity index (χ1n) is 6.80. The molecule has 1 heterocycles. The van der Waals surface area contributed by atoms with Gasteiger partial charge in [-0.05, 0) is 49.3 Å². The zero-order valence-electron chi connectivity index (χ0n) is 11.8. The highest BCUT2D eigenvalue weighted by atomic mass is 16.2. The number of hydrogen-bond donors (Lipinski definition) is 1. The van der Waals surface area contributed by atoms with Crippen molar-refractivity contribution < 1.29 is 4.79 Å². The lowest BCUT2D eigenvalue weighted by atomic mass is 9.79. The van der Waals surface area contributed by atoms with Crippen LogP contribution in [-0.2, 0) is 11.2 Å². The summed E-state index contributed by atoms with van der Waals surface area (Å²) in [5.74, 6) is 0.665. The molecule has 1 fully saturated rings. The summed E-state index contributed by atoms with van der Waals surface area (Å²) < 4.78 is 0. The van der Waals surface area contributed by atoms with Crippen LogP contribution in [-0.4, -0.2) is 11.4 Å². The van der Waals surface area contributed by atoms with E-state index in [1.54, 1.807) is 0 Å². The molecule has 2 heteroatoms. The molecule has 1 aliphatic rings. The summed E-state index contributed by atoms with van der Waals surface area (Å²) in [5.41, 5.74) is 3.94. The maximum absolute atomic E-state index is 11.6. The van der Waals surface area contributed by atoms with Gasteiger partial charge in [-0.25, -0.2) is 0 Å². The molecule has 1 amide bonds. The zero-order chi connectivity index (χ0) is 13.3. The van der Waals surface area contributed by atoms with Gasteiger partial charge in [0.1, 0.15) is 0 Å². The molecule has 1 aromatic rings. The van der Waals surface area contributed by atoms with E-state index in [9.17, 15) is 4.79 Å². The van der Waals surface area contributed by atoms with Crippen LogP contribution in [0.4, 0.5) is 0 Å². The van der Waals surface area contributed by atoms with Crippen LogP contribution < -0.4 is 5.32 Å². The molecular formula is C16H23NO. The van der Waals surface area contributed by atoms with Gasteiger partial charge in [0, 0.05) is 12.0 Å². The summed E-state index contributed by atoms with van der Waals surface area (Å²) in [6.07, 6.45) is 2.57. The van der Waals surface area contributed by atoms with Crippen molar-refractivity contribution >= 4 is 5.91 Å². The third-order valence-electron chi connectivity index (χ3n) is 4.38. The van der Waals surface area contributed by atoms with Gasteiger partial charge in [0.15, 0.2) is 0 Å². The number of rotatable bonds is 3. The monoisotopic (exact) mass is 245 g/mol. The Kier molecular flexibility index (Phi) is 3.47. The van der Waals surface area contributed by atoms with E-state index in [0.29, 0.717) is 12.3 Å². The molecule has 1 saturated heterocycles. The number of carbonyl (C=O) groups excluding carboxylic acids is 1. The lowest BCUT2D eigenvalue weighted by Crippen LogP contribution is -2.48. The van der Waals surface area contributed by atoms with Gasteiger partial charge in [0.05, 0.1) is 0 Å². The summed E-state index contributed by atoms with van der Waals surface area (Å²) in [6.45, 7) is 8.68. The highest BCUT2D eigenvalue weighted by molar-refractivity contribution is 5.79. The van der Waals surface area contributed by atoms with Crippen LogP contribution in [0.25, 0.3) is 0 Å². The third-order valence-corrected chi connectivity index (χ3v) is 4.38. The van der Waals surface area contributed by atoms with E-state index in [2.05, 4.69) is 51.2 Å². The maximum Gasteiger partial charge on any atom is 0.220 e. The Hall–Kier alpha value is -1.31. The van der Waals surface area contributed by atoms with E-state index in [-0.39, 0.29) is 11.4 Å². The van der Waals surface area contributed by atoms with E-state index in [1.165, 1.54) is 16.7 Å². The topological polar surface area (TPSA) is 29.1 Å². The van der Waals surface area contributed by atoms with Crippen LogP contribution in [0.1, 0.15) is 43.4 Å². The van der Waals surface area contributed by atoms with Crippen molar-refractivity contribution in [2.45, 2.75) is 52.5 Å². The highest BCUT2D eigenvalue weighted by Crippen LogP contribution is 2.32. The molecule has 1 unspecified atom stereocenters. The number of nitrogens with one attached hydrogen (secondary N) is 1. The van der Waals surface area contributed by atoms with Crippen LogP contribution >= 0.6 is 0 Å². The van der Waals surface area contributed by atoms with Crippen LogP contribution in [0.3, 0.4) is 0 Å². The Morgan fingerprint density at radius 3 is 2.50 bits per heavy atom. The Morgan fingerprint density at radius 2 is 2.00 bits per heavy atom. The first-order valence-corrected chi connectivity index (χ1v) is 6.80. The lowest BCUT2D eigenvalue weighted by molar-refractivity contribution is -0.120. The van der Waals surface area contributed by atoms with Crippen LogP contribution in [0.15, 0.2) is 18.2 Å². The molecule has 0 spiro atoms. The van der Waals surface area contributed by atoms with Crippen molar-refractivity contribution in [3.05, 3.63) is 34.9 Å². The lowest BCUT2D eigenvalue weighted by Gasteiger charge is -2.34. The molecule has 0 radical (unpaired) electrons. The fraction of sp³-hybridized carbons (Fsp3) is 0.562. The van der Waals surface area contributed by atoms with E-state index >= 15 is 0 Å². The van der Waals surface area contributed by atoms with Gasteiger partial charge in [-0.15, -0.1) is 0 Å². The maximum atomic E-state index is 11.6. The van der Waals surface area contributed by atoms with Crippen molar-refractivity contribution in [1.82, 2.24) is 5.32 Å². The van der Waals surface area contributed by atoms with Crippen LogP contribution in [0.5, 0.6) is 0 Å². The summed E-state index contributed by atoms with van der Waals surface area (Å²) in [4.78, 5) is 11.6. The molecular weight excluding hydrogens is 222 g/mol. The summed E-state index contributed by atoms with van der Waals surface area (Å²) in [5, 5.41) is 3.21. The Morgan fingerprint density at radius 1 is 1.28 bits per heavy atom. The standard InChI is InChI=1S/C16H23NO/c1-11(2)16(8-7-15(18)17-16)10-14-6-5-12(3)13(4)9-14/h5-6,9,11H,7-8,10H2,1-4H3,(H,17,18). The van der Waals surface area contributed by atoms with Crippen molar-refractivity contribution in [2.75, 3.05) is 0 Å². The molecule has 1 aromatic carbocycles. The Balaban J connectivity index is 2.24. The quantitative estimate of drug-likeness (QED) is 0.871. The molecule has 18 heavy (non-hydrogen) atoms. The zero-order valence-corrected chi connectivity index (χ0v) is 11.8. The van der Waals surface area contributed by atoms with Crippen molar-refractivity contribution in [2.24, 2.45) is 5.92 Å². The summed E-state index contributed by atoms with van der Waals surface area (Å²) in [7, 11) is 0. The molecule has 1 atom stereocenters. The number of aryl methyl sites for hydroxylation is 2. The minimum atomic E-state index is -0.0429. The van der Waals surface area contributed by atoms with Gasteiger partial charge in [0.2, 0.25) is 5.91 Å². The number of carbonyl (C=O) groups is 1. The normalized spacial score (nSPS) is 23.5. The molecule has 0 aliphatic carbocycles. The molecule has 1 aliphatic heterocycles. The van der Waals surface area contributed by atoms with E-state index in [4.69, 9.17) is 0 Å². The van der Waals surface area contributed by atoms with Crippen LogP contribution in [0.2, 0.25) is 0 Å². The molecule has 2 rings (SSSR count). The van der Waals surface area contributed by atoms with Crippen molar-refractivity contribution in [3.8, 4) is 0 Å². The SMILES string of the molecule is Cc1ccc(CC2(C(C)C)CCC(=O)N2)cc1C. The van der Waals surface area contributed by atoms with Crippen LogP contribution in [0, 0.1) is 19.8 Å². The minimum Gasteiger partial charge on any atom is -0.350 e.